The minimum absolute atomic E-state index is 0.151. The van der Waals surface area contributed by atoms with Crippen molar-refractivity contribution in [3.63, 3.8) is 0 Å². The topological polar surface area (TPSA) is 30.2 Å². The average Bonchev–Trinajstić information content (AvgIpc) is 2.97. The fourth-order valence-corrected chi connectivity index (χ4v) is 2.50. The van der Waals surface area contributed by atoms with E-state index >= 15 is 0 Å². The van der Waals surface area contributed by atoms with E-state index in [4.69, 9.17) is 16.0 Å². The van der Waals surface area contributed by atoms with E-state index in [1.165, 1.54) is 11.6 Å². The zero-order valence-corrected chi connectivity index (χ0v) is 13.8. The zero-order chi connectivity index (χ0) is 16.4. The van der Waals surface area contributed by atoms with Crippen molar-refractivity contribution in [2.75, 3.05) is 0 Å². The van der Waals surface area contributed by atoms with Crippen LogP contribution in [0, 0.1) is 0 Å². The quantitative estimate of drug-likeness (QED) is 0.428. The second-order valence-electron chi connectivity index (χ2n) is 5.81. The van der Waals surface area contributed by atoms with Gasteiger partial charge in [0.1, 0.15) is 5.58 Å². The van der Waals surface area contributed by atoms with Crippen molar-refractivity contribution in [3.05, 3.63) is 76.5 Å². The summed E-state index contributed by atoms with van der Waals surface area (Å²) in [6, 6.07) is 15.1. The van der Waals surface area contributed by atoms with E-state index in [9.17, 15) is 4.79 Å². The van der Waals surface area contributed by atoms with Crippen LogP contribution in [0.4, 0.5) is 0 Å². The summed E-state index contributed by atoms with van der Waals surface area (Å²) in [6.07, 6.45) is 3.27. The van der Waals surface area contributed by atoms with Crippen molar-refractivity contribution in [3.8, 4) is 0 Å². The Bertz CT molecular complexity index is 870. The van der Waals surface area contributed by atoms with Crippen molar-refractivity contribution in [1.82, 2.24) is 0 Å². The second-order valence-corrected chi connectivity index (χ2v) is 6.25. The summed E-state index contributed by atoms with van der Waals surface area (Å²) in [4.78, 5) is 12.3. The molecule has 1 heterocycles. The molecule has 0 saturated carbocycles. The Morgan fingerprint density at radius 1 is 1.09 bits per heavy atom. The Balaban J connectivity index is 1.84. The second kappa shape index (κ2) is 6.43. The van der Waals surface area contributed by atoms with Gasteiger partial charge in [0, 0.05) is 10.4 Å². The van der Waals surface area contributed by atoms with Gasteiger partial charge in [-0.15, -0.1) is 0 Å². The Morgan fingerprint density at radius 3 is 2.52 bits per heavy atom. The number of carbonyl (C=O) groups is 1. The summed E-state index contributed by atoms with van der Waals surface area (Å²) in [6.45, 7) is 4.28. The number of halogens is 1. The first kappa shape index (κ1) is 15.6. The van der Waals surface area contributed by atoms with E-state index in [0.29, 0.717) is 16.7 Å². The highest BCUT2D eigenvalue weighted by Gasteiger charge is 2.11. The molecular weight excluding hydrogens is 308 g/mol. The van der Waals surface area contributed by atoms with Crippen molar-refractivity contribution in [2.24, 2.45) is 0 Å². The highest BCUT2D eigenvalue weighted by molar-refractivity contribution is 6.30. The van der Waals surface area contributed by atoms with Crippen molar-refractivity contribution >= 4 is 34.4 Å². The lowest BCUT2D eigenvalue weighted by Gasteiger charge is -2.03. The molecule has 0 aliphatic carbocycles. The lowest BCUT2D eigenvalue weighted by Crippen LogP contribution is -1.90. The van der Waals surface area contributed by atoms with Gasteiger partial charge in [-0.25, -0.2) is 0 Å². The molecule has 0 aliphatic heterocycles. The monoisotopic (exact) mass is 324 g/mol. The summed E-state index contributed by atoms with van der Waals surface area (Å²) < 4.78 is 5.65. The van der Waals surface area contributed by atoms with Crippen LogP contribution in [-0.4, -0.2) is 5.78 Å². The first-order valence-electron chi connectivity index (χ1n) is 7.54. The molecule has 2 aromatic carbocycles. The Morgan fingerprint density at radius 2 is 1.83 bits per heavy atom. The SMILES string of the molecule is CC(C)c1ccc2oc(C(=O)C=Cc3ccc(Cl)cc3)cc2c1. The van der Waals surface area contributed by atoms with Crippen LogP contribution in [0.1, 0.15) is 41.4 Å². The maximum atomic E-state index is 12.3. The maximum Gasteiger partial charge on any atom is 0.221 e. The molecule has 1 aromatic heterocycles. The molecule has 0 saturated heterocycles. The maximum absolute atomic E-state index is 12.3. The molecule has 0 bridgehead atoms. The fourth-order valence-electron chi connectivity index (χ4n) is 2.37. The van der Waals surface area contributed by atoms with Gasteiger partial charge in [0.05, 0.1) is 0 Å². The number of hydrogen-bond donors (Lipinski definition) is 0. The molecule has 0 atom stereocenters. The zero-order valence-electron chi connectivity index (χ0n) is 13.0. The van der Waals surface area contributed by atoms with Gasteiger partial charge in [-0.1, -0.05) is 49.7 Å². The van der Waals surface area contributed by atoms with Gasteiger partial charge in [-0.3, -0.25) is 4.79 Å². The van der Waals surface area contributed by atoms with Gasteiger partial charge in [0.2, 0.25) is 5.78 Å². The first-order valence-corrected chi connectivity index (χ1v) is 7.92. The predicted molar refractivity (Wildman–Crippen MR) is 95.1 cm³/mol. The molecule has 116 valence electrons. The van der Waals surface area contributed by atoms with Crippen LogP contribution >= 0.6 is 11.6 Å². The smallest absolute Gasteiger partial charge is 0.221 e. The largest absolute Gasteiger partial charge is 0.453 e. The molecule has 3 aromatic rings. The third-order valence-corrected chi connectivity index (χ3v) is 4.00. The summed E-state index contributed by atoms with van der Waals surface area (Å²) >= 11 is 5.84. The minimum Gasteiger partial charge on any atom is -0.453 e. The van der Waals surface area contributed by atoms with Crippen LogP contribution in [0.15, 0.2) is 59.0 Å². The van der Waals surface area contributed by atoms with Gasteiger partial charge in [-0.2, -0.15) is 0 Å². The van der Waals surface area contributed by atoms with Crippen molar-refractivity contribution in [2.45, 2.75) is 19.8 Å². The van der Waals surface area contributed by atoms with Gasteiger partial charge in [-0.05, 0) is 53.5 Å². The van der Waals surface area contributed by atoms with Gasteiger partial charge < -0.3 is 4.42 Å². The Hall–Kier alpha value is -2.32. The lowest BCUT2D eigenvalue weighted by atomic mass is 10.0. The summed E-state index contributed by atoms with van der Waals surface area (Å²) in [5.41, 5.74) is 2.88. The fraction of sp³-hybridized carbons (Fsp3) is 0.150. The minimum atomic E-state index is -0.151. The number of furan rings is 1. The molecule has 0 unspecified atom stereocenters. The molecule has 0 spiro atoms. The van der Waals surface area contributed by atoms with E-state index in [2.05, 4.69) is 19.9 Å². The van der Waals surface area contributed by atoms with Crippen LogP contribution in [-0.2, 0) is 0 Å². The number of carbonyl (C=O) groups excluding carboxylic acids is 1. The average molecular weight is 325 g/mol. The Labute approximate surface area is 140 Å². The first-order chi connectivity index (χ1) is 11.0. The van der Waals surface area contributed by atoms with E-state index in [1.54, 1.807) is 24.3 Å². The standard InChI is InChI=1S/C20H17ClO2/c1-13(2)15-6-10-19-16(11-15)12-20(23-19)18(22)9-5-14-3-7-17(21)8-4-14/h3-13H,1-2H3. The number of benzene rings is 2. The summed E-state index contributed by atoms with van der Waals surface area (Å²) in [5.74, 6) is 0.645. The highest BCUT2D eigenvalue weighted by Crippen LogP contribution is 2.25. The lowest BCUT2D eigenvalue weighted by molar-refractivity contribution is 0.102. The van der Waals surface area contributed by atoms with E-state index in [-0.39, 0.29) is 5.78 Å². The molecule has 23 heavy (non-hydrogen) atoms. The molecule has 3 rings (SSSR count). The predicted octanol–water partition coefficient (Wildman–Crippen LogP) is 6.11. The molecule has 0 aliphatic rings. The summed E-state index contributed by atoms with van der Waals surface area (Å²) in [7, 11) is 0. The molecule has 0 amide bonds. The summed E-state index contributed by atoms with van der Waals surface area (Å²) in [5, 5.41) is 1.63. The van der Waals surface area contributed by atoms with Gasteiger partial charge >= 0.3 is 0 Å². The Kier molecular flexibility index (Phi) is 4.35. The number of hydrogen-bond acceptors (Lipinski definition) is 2. The van der Waals surface area contributed by atoms with E-state index in [1.807, 2.05) is 24.3 Å². The highest BCUT2D eigenvalue weighted by atomic mass is 35.5. The van der Waals surface area contributed by atoms with Crippen LogP contribution in [0.3, 0.4) is 0 Å². The van der Waals surface area contributed by atoms with Crippen LogP contribution in [0.25, 0.3) is 17.0 Å². The molecule has 0 fully saturated rings. The normalized spacial score (nSPS) is 11.7. The molecule has 0 N–H and O–H groups in total. The molecule has 2 nitrogen and oxygen atoms in total. The molecule has 0 radical (unpaired) electrons. The number of allylic oxidation sites excluding steroid dienone is 1. The van der Waals surface area contributed by atoms with E-state index in [0.717, 1.165) is 16.5 Å². The number of rotatable bonds is 4. The number of ketones is 1. The third-order valence-electron chi connectivity index (χ3n) is 3.75. The van der Waals surface area contributed by atoms with E-state index < -0.39 is 0 Å². The third kappa shape index (κ3) is 3.54. The van der Waals surface area contributed by atoms with Crippen LogP contribution in [0.5, 0.6) is 0 Å². The van der Waals surface area contributed by atoms with Crippen LogP contribution < -0.4 is 0 Å². The van der Waals surface area contributed by atoms with Crippen molar-refractivity contribution in [1.29, 1.82) is 0 Å². The molecular formula is C20H17ClO2. The van der Waals surface area contributed by atoms with Gasteiger partial charge in [0.15, 0.2) is 5.76 Å². The van der Waals surface area contributed by atoms with Crippen molar-refractivity contribution < 1.29 is 9.21 Å². The molecule has 3 heteroatoms. The van der Waals surface area contributed by atoms with Gasteiger partial charge in [0.25, 0.3) is 0 Å². The number of fused-ring (bicyclic) bond motifs is 1. The van der Waals surface area contributed by atoms with Crippen LogP contribution in [0.2, 0.25) is 5.02 Å².